The summed E-state index contributed by atoms with van der Waals surface area (Å²) in [6.45, 7) is 0.822. The predicted octanol–water partition coefficient (Wildman–Crippen LogP) is 3.21. The van der Waals surface area contributed by atoms with E-state index in [0.29, 0.717) is 23.5 Å². The molecule has 0 aliphatic carbocycles. The Kier molecular flexibility index (Phi) is 4.78. The normalized spacial score (nSPS) is 19.0. The SMILES string of the molecule is CN(C)CCCC1Oc2ccccc2N(c2ccccc2)S1(=O)=O. The van der Waals surface area contributed by atoms with Gasteiger partial charge in [-0.05, 0) is 51.3 Å². The van der Waals surface area contributed by atoms with Crippen molar-refractivity contribution in [3.8, 4) is 5.75 Å². The number of hydrogen-bond acceptors (Lipinski definition) is 4. The van der Waals surface area contributed by atoms with Gasteiger partial charge in [-0.2, -0.15) is 0 Å². The fraction of sp³-hybridized carbons (Fsp3) is 0.333. The first kappa shape index (κ1) is 16.8. The van der Waals surface area contributed by atoms with E-state index in [4.69, 9.17) is 4.74 Å². The zero-order chi connectivity index (χ0) is 17.2. The summed E-state index contributed by atoms with van der Waals surface area (Å²) in [4.78, 5) is 2.04. The number of sulfonamides is 1. The van der Waals surface area contributed by atoms with E-state index in [1.165, 1.54) is 4.31 Å². The molecule has 0 fully saturated rings. The van der Waals surface area contributed by atoms with Gasteiger partial charge in [0.25, 0.3) is 10.0 Å². The van der Waals surface area contributed by atoms with Crippen molar-refractivity contribution in [1.82, 2.24) is 4.90 Å². The lowest BCUT2D eigenvalue weighted by molar-refractivity contribution is 0.246. The van der Waals surface area contributed by atoms with Gasteiger partial charge in [0.1, 0.15) is 5.75 Å². The van der Waals surface area contributed by atoms with Crippen molar-refractivity contribution in [1.29, 1.82) is 0 Å². The Morgan fingerprint density at radius 3 is 2.42 bits per heavy atom. The van der Waals surface area contributed by atoms with Crippen molar-refractivity contribution in [3.05, 3.63) is 54.6 Å². The molecule has 1 aliphatic heterocycles. The fourth-order valence-corrected chi connectivity index (χ4v) is 4.58. The van der Waals surface area contributed by atoms with E-state index in [1.807, 2.05) is 55.4 Å². The second-order valence-electron chi connectivity index (χ2n) is 6.11. The molecule has 0 radical (unpaired) electrons. The minimum Gasteiger partial charge on any atom is -0.470 e. The Hall–Kier alpha value is -2.05. The van der Waals surface area contributed by atoms with Crippen LogP contribution in [0, 0.1) is 0 Å². The van der Waals surface area contributed by atoms with Gasteiger partial charge in [-0.3, -0.25) is 0 Å². The van der Waals surface area contributed by atoms with Crippen LogP contribution in [0.3, 0.4) is 0 Å². The van der Waals surface area contributed by atoms with Crippen LogP contribution in [0.15, 0.2) is 54.6 Å². The third-order valence-corrected chi connectivity index (χ3v) is 5.88. The van der Waals surface area contributed by atoms with Crippen LogP contribution >= 0.6 is 0 Å². The number of fused-ring (bicyclic) bond motifs is 1. The van der Waals surface area contributed by atoms with E-state index in [-0.39, 0.29) is 0 Å². The molecule has 0 N–H and O–H groups in total. The molecule has 0 amide bonds. The second-order valence-corrected chi connectivity index (χ2v) is 8.03. The molecule has 2 aromatic carbocycles. The van der Waals surface area contributed by atoms with Gasteiger partial charge < -0.3 is 9.64 Å². The maximum atomic E-state index is 13.1. The standard InChI is InChI=1S/C18H22N2O3S/c1-19(2)14-8-13-18-23-17-12-7-6-11-16(17)20(24(18,21)22)15-9-4-3-5-10-15/h3-7,9-12,18H,8,13-14H2,1-2H3. The zero-order valence-electron chi connectivity index (χ0n) is 13.9. The van der Waals surface area contributed by atoms with Gasteiger partial charge in [0.15, 0.2) is 0 Å². The summed E-state index contributed by atoms with van der Waals surface area (Å²) in [6, 6.07) is 16.4. The summed E-state index contributed by atoms with van der Waals surface area (Å²) >= 11 is 0. The molecule has 128 valence electrons. The van der Waals surface area contributed by atoms with Crippen molar-refractivity contribution < 1.29 is 13.2 Å². The van der Waals surface area contributed by atoms with Crippen molar-refractivity contribution in [2.24, 2.45) is 0 Å². The molecule has 0 bridgehead atoms. The summed E-state index contributed by atoms with van der Waals surface area (Å²) in [5, 5.41) is 0. The molecule has 1 unspecified atom stereocenters. The highest BCUT2D eigenvalue weighted by molar-refractivity contribution is 7.93. The molecule has 24 heavy (non-hydrogen) atoms. The van der Waals surface area contributed by atoms with Crippen molar-refractivity contribution in [2.45, 2.75) is 18.3 Å². The maximum Gasteiger partial charge on any atom is 0.277 e. The zero-order valence-corrected chi connectivity index (χ0v) is 14.7. The number of benzene rings is 2. The Labute approximate surface area is 143 Å². The summed E-state index contributed by atoms with van der Waals surface area (Å²) in [5.74, 6) is 0.603. The minimum absolute atomic E-state index is 0.457. The maximum absolute atomic E-state index is 13.1. The molecule has 2 aromatic rings. The topological polar surface area (TPSA) is 49.9 Å². The Morgan fingerprint density at radius 2 is 1.71 bits per heavy atom. The number of anilines is 2. The summed E-state index contributed by atoms with van der Waals surface area (Å²) < 4.78 is 33.5. The van der Waals surface area contributed by atoms with E-state index < -0.39 is 15.5 Å². The monoisotopic (exact) mass is 346 g/mol. The van der Waals surface area contributed by atoms with E-state index in [0.717, 1.165) is 13.0 Å². The third-order valence-electron chi connectivity index (χ3n) is 3.97. The molecule has 1 aliphatic rings. The summed E-state index contributed by atoms with van der Waals surface area (Å²) in [7, 11) is 0.312. The molecule has 0 saturated carbocycles. The van der Waals surface area contributed by atoms with Crippen LogP contribution in [0.5, 0.6) is 5.75 Å². The summed E-state index contributed by atoms with van der Waals surface area (Å²) in [5.41, 5.74) is 0.325. The van der Waals surface area contributed by atoms with Gasteiger partial charge in [0.2, 0.25) is 5.44 Å². The highest BCUT2D eigenvalue weighted by atomic mass is 32.2. The van der Waals surface area contributed by atoms with Gasteiger partial charge >= 0.3 is 0 Å². The molecule has 3 rings (SSSR count). The van der Waals surface area contributed by atoms with Crippen molar-refractivity contribution in [2.75, 3.05) is 24.9 Å². The van der Waals surface area contributed by atoms with Crippen LogP contribution in [0.4, 0.5) is 11.4 Å². The fourth-order valence-electron chi connectivity index (χ4n) is 2.81. The van der Waals surface area contributed by atoms with Gasteiger partial charge in [-0.15, -0.1) is 0 Å². The van der Waals surface area contributed by atoms with E-state index in [1.54, 1.807) is 18.2 Å². The van der Waals surface area contributed by atoms with Gasteiger partial charge in [-0.1, -0.05) is 30.3 Å². The van der Waals surface area contributed by atoms with Crippen LogP contribution in [0.2, 0.25) is 0 Å². The first-order valence-corrected chi connectivity index (χ1v) is 9.50. The Morgan fingerprint density at radius 1 is 1.04 bits per heavy atom. The molecule has 0 spiro atoms. The number of ether oxygens (including phenoxy) is 1. The molecule has 1 atom stereocenters. The number of nitrogens with zero attached hydrogens (tertiary/aromatic N) is 2. The first-order valence-electron chi connectivity index (χ1n) is 8.00. The molecule has 5 nitrogen and oxygen atoms in total. The average molecular weight is 346 g/mol. The van der Waals surface area contributed by atoms with E-state index >= 15 is 0 Å². The molecular formula is C18H22N2O3S. The molecule has 1 heterocycles. The molecule has 0 saturated heterocycles. The predicted molar refractivity (Wildman–Crippen MR) is 96.1 cm³/mol. The quantitative estimate of drug-likeness (QED) is 0.834. The van der Waals surface area contributed by atoms with Crippen LogP contribution in [-0.4, -0.2) is 39.4 Å². The van der Waals surface area contributed by atoms with Gasteiger partial charge in [-0.25, -0.2) is 12.7 Å². The van der Waals surface area contributed by atoms with Crippen LogP contribution in [-0.2, 0) is 10.0 Å². The number of rotatable bonds is 5. The largest absolute Gasteiger partial charge is 0.470 e. The number of para-hydroxylation sites is 3. The number of hydrogen-bond donors (Lipinski definition) is 0. The lowest BCUT2D eigenvalue weighted by Crippen LogP contribution is -2.43. The summed E-state index contributed by atoms with van der Waals surface area (Å²) in [6.07, 6.45) is 1.21. The van der Waals surface area contributed by atoms with Crippen LogP contribution in [0.25, 0.3) is 0 Å². The minimum atomic E-state index is -3.64. The molecule has 6 heteroatoms. The highest BCUT2D eigenvalue weighted by Crippen LogP contribution is 2.42. The van der Waals surface area contributed by atoms with Gasteiger partial charge in [0.05, 0.1) is 11.4 Å². The van der Waals surface area contributed by atoms with Crippen molar-refractivity contribution in [3.63, 3.8) is 0 Å². The lowest BCUT2D eigenvalue weighted by atomic mass is 10.2. The average Bonchev–Trinajstić information content (AvgIpc) is 2.55. The second kappa shape index (κ2) is 6.83. The van der Waals surface area contributed by atoms with E-state index in [9.17, 15) is 8.42 Å². The van der Waals surface area contributed by atoms with Crippen LogP contribution < -0.4 is 9.04 Å². The molecule has 0 aromatic heterocycles. The van der Waals surface area contributed by atoms with Crippen LogP contribution in [0.1, 0.15) is 12.8 Å². The Balaban J connectivity index is 1.99. The Bertz CT molecular complexity index is 791. The molecular weight excluding hydrogens is 324 g/mol. The lowest BCUT2D eigenvalue weighted by Gasteiger charge is -2.35. The first-order chi connectivity index (χ1) is 11.5. The third kappa shape index (κ3) is 3.25. The van der Waals surface area contributed by atoms with Gasteiger partial charge in [0, 0.05) is 6.42 Å². The highest BCUT2D eigenvalue weighted by Gasteiger charge is 2.40. The van der Waals surface area contributed by atoms with Crippen molar-refractivity contribution >= 4 is 21.4 Å². The smallest absolute Gasteiger partial charge is 0.277 e. The van der Waals surface area contributed by atoms with E-state index in [2.05, 4.69) is 0 Å².